The van der Waals surface area contributed by atoms with Gasteiger partial charge in [0.2, 0.25) is 5.60 Å². The highest BCUT2D eigenvalue weighted by atomic mass is 16.6. The number of carbonyl (C=O) groups is 2. The van der Waals surface area contributed by atoms with Crippen molar-refractivity contribution in [2.75, 3.05) is 20.8 Å². The number of methoxy groups -OCH3 is 2. The first-order chi connectivity index (χ1) is 13.0. The van der Waals surface area contributed by atoms with E-state index in [1.165, 1.54) is 0 Å². The number of amides is 1. The molecule has 2 bridgehead atoms. The maximum atomic E-state index is 13.3. The van der Waals surface area contributed by atoms with E-state index in [4.69, 9.17) is 18.9 Å². The van der Waals surface area contributed by atoms with Crippen molar-refractivity contribution < 1.29 is 28.5 Å². The van der Waals surface area contributed by atoms with Crippen LogP contribution in [0.15, 0.2) is 18.2 Å². The minimum Gasteiger partial charge on any atom is -0.493 e. The Labute approximate surface area is 158 Å². The molecular weight excluding hydrogens is 350 g/mol. The first-order valence-electron chi connectivity index (χ1n) is 9.41. The van der Waals surface area contributed by atoms with E-state index < -0.39 is 17.3 Å². The first-order valence-corrected chi connectivity index (χ1v) is 9.41. The molecule has 3 aliphatic rings. The molecule has 3 fully saturated rings. The topological polar surface area (TPSA) is 74.3 Å². The van der Waals surface area contributed by atoms with E-state index in [9.17, 15) is 9.59 Å². The van der Waals surface area contributed by atoms with Crippen LogP contribution in [-0.2, 0) is 25.6 Å². The van der Waals surface area contributed by atoms with Crippen LogP contribution in [0.2, 0.25) is 0 Å². The molecule has 2 heterocycles. The zero-order chi connectivity index (χ0) is 19.2. The number of ether oxygens (including phenoxy) is 4. The largest absolute Gasteiger partial charge is 0.493 e. The molecule has 1 aromatic carbocycles. The lowest BCUT2D eigenvalue weighted by molar-refractivity contribution is -0.171. The van der Waals surface area contributed by atoms with E-state index in [1.807, 2.05) is 18.2 Å². The molecule has 1 saturated carbocycles. The number of esters is 1. The fourth-order valence-corrected chi connectivity index (χ4v) is 4.88. The van der Waals surface area contributed by atoms with Gasteiger partial charge in [0, 0.05) is 18.9 Å². The number of likely N-dealkylation sites (tertiary alicyclic amines) is 1. The fraction of sp³-hybridized carbons (Fsp3) is 0.600. The second kappa shape index (κ2) is 6.41. The van der Waals surface area contributed by atoms with Crippen molar-refractivity contribution in [3.05, 3.63) is 23.8 Å². The van der Waals surface area contributed by atoms with Gasteiger partial charge < -0.3 is 23.8 Å². The maximum absolute atomic E-state index is 13.3. The highest BCUT2D eigenvalue weighted by Gasteiger charge is 2.75. The second-order valence-corrected chi connectivity index (χ2v) is 7.37. The van der Waals surface area contributed by atoms with Crippen molar-refractivity contribution in [1.29, 1.82) is 0 Å². The van der Waals surface area contributed by atoms with Crippen molar-refractivity contribution in [2.45, 2.75) is 50.5 Å². The third-order valence-electron chi connectivity index (χ3n) is 6.05. The van der Waals surface area contributed by atoms with E-state index in [-0.39, 0.29) is 18.4 Å². The molecule has 0 N–H and O–H groups in total. The third-order valence-corrected chi connectivity index (χ3v) is 6.05. The van der Waals surface area contributed by atoms with Crippen molar-refractivity contribution in [2.24, 2.45) is 5.92 Å². The molecule has 0 unspecified atom stereocenters. The Morgan fingerprint density at radius 2 is 2.07 bits per heavy atom. The van der Waals surface area contributed by atoms with Gasteiger partial charge in [-0.25, -0.2) is 4.79 Å². The Hall–Kier alpha value is -2.28. The minimum atomic E-state index is -1.47. The van der Waals surface area contributed by atoms with Crippen LogP contribution in [0.5, 0.6) is 11.5 Å². The summed E-state index contributed by atoms with van der Waals surface area (Å²) < 4.78 is 22.1. The van der Waals surface area contributed by atoms with E-state index in [0.717, 1.165) is 24.8 Å². The SMILES string of the molecule is CCOC(=O)[C@@]12C[C@H]3CCC[C@]3(O1)N(Cc1ccc(OC)c(OC)c1)C2=O. The summed E-state index contributed by atoms with van der Waals surface area (Å²) in [5, 5.41) is 0. The molecule has 4 rings (SSSR count). The quantitative estimate of drug-likeness (QED) is 0.561. The van der Waals surface area contributed by atoms with Crippen LogP contribution in [0.4, 0.5) is 0 Å². The van der Waals surface area contributed by atoms with Gasteiger partial charge in [0.25, 0.3) is 5.91 Å². The summed E-state index contributed by atoms with van der Waals surface area (Å²) >= 11 is 0. The molecule has 146 valence electrons. The number of rotatable bonds is 6. The van der Waals surface area contributed by atoms with Gasteiger partial charge in [-0.2, -0.15) is 0 Å². The Bertz CT molecular complexity index is 780. The van der Waals surface area contributed by atoms with Crippen molar-refractivity contribution in [1.82, 2.24) is 4.90 Å². The van der Waals surface area contributed by atoms with Gasteiger partial charge >= 0.3 is 5.97 Å². The highest BCUT2D eigenvalue weighted by Crippen LogP contribution is 2.60. The summed E-state index contributed by atoms with van der Waals surface area (Å²) in [5.74, 6) is 0.562. The first kappa shape index (κ1) is 18.1. The Morgan fingerprint density at radius 1 is 1.30 bits per heavy atom. The van der Waals surface area contributed by atoms with E-state index in [2.05, 4.69) is 0 Å². The molecule has 1 aliphatic carbocycles. The van der Waals surface area contributed by atoms with Crippen LogP contribution in [0.25, 0.3) is 0 Å². The van der Waals surface area contributed by atoms with Gasteiger partial charge in [0.1, 0.15) is 5.72 Å². The summed E-state index contributed by atoms with van der Waals surface area (Å²) in [6, 6.07) is 5.58. The standard InChI is InChI=1S/C20H25NO6/c1-4-26-18(23)19-11-14-6-5-9-20(14,27-19)21(17(19)22)12-13-7-8-15(24-2)16(10-13)25-3/h7-8,10,14H,4-6,9,11-12H2,1-3H3/t14-,19+,20-/m1/s1. The van der Waals surface area contributed by atoms with Crippen LogP contribution in [0.3, 0.4) is 0 Å². The zero-order valence-electron chi connectivity index (χ0n) is 15.9. The highest BCUT2D eigenvalue weighted by molar-refractivity contribution is 6.08. The van der Waals surface area contributed by atoms with Crippen LogP contribution >= 0.6 is 0 Å². The van der Waals surface area contributed by atoms with Gasteiger partial charge in [0.05, 0.1) is 20.8 Å². The number of benzene rings is 1. The number of hydrogen-bond acceptors (Lipinski definition) is 6. The molecule has 1 amide bonds. The van der Waals surface area contributed by atoms with Crippen LogP contribution in [0.1, 0.15) is 38.2 Å². The monoisotopic (exact) mass is 375 g/mol. The van der Waals surface area contributed by atoms with Gasteiger partial charge in [-0.05, 0) is 43.9 Å². The summed E-state index contributed by atoms with van der Waals surface area (Å²) in [6.45, 7) is 2.32. The molecule has 2 aliphatic heterocycles. The summed E-state index contributed by atoms with van der Waals surface area (Å²) in [4.78, 5) is 27.6. The summed E-state index contributed by atoms with van der Waals surface area (Å²) in [5.41, 5.74) is -1.27. The molecule has 27 heavy (non-hydrogen) atoms. The van der Waals surface area contributed by atoms with Gasteiger partial charge in [-0.15, -0.1) is 0 Å². The Balaban J connectivity index is 1.67. The molecule has 1 spiro atoms. The molecule has 7 nitrogen and oxygen atoms in total. The van der Waals surface area contributed by atoms with Gasteiger partial charge in [-0.1, -0.05) is 6.07 Å². The third kappa shape index (κ3) is 2.44. The average molecular weight is 375 g/mol. The Morgan fingerprint density at radius 3 is 2.78 bits per heavy atom. The lowest BCUT2D eigenvalue weighted by atomic mass is 9.84. The Kier molecular flexibility index (Phi) is 4.29. The van der Waals surface area contributed by atoms with E-state index in [0.29, 0.717) is 24.5 Å². The molecule has 1 aromatic rings. The smallest absolute Gasteiger partial charge is 0.348 e. The minimum absolute atomic E-state index is 0.166. The summed E-state index contributed by atoms with van der Waals surface area (Å²) in [7, 11) is 3.16. The predicted octanol–water partition coefficient (Wildman–Crippen LogP) is 2.26. The van der Waals surface area contributed by atoms with Gasteiger partial charge in [0.15, 0.2) is 11.5 Å². The van der Waals surface area contributed by atoms with Gasteiger partial charge in [-0.3, -0.25) is 4.79 Å². The van der Waals surface area contributed by atoms with E-state index >= 15 is 0 Å². The van der Waals surface area contributed by atoms with Crippen molar-refractivity contribution in [3.63, 3.8) is 0 Å². The molecule has 0 radical (unpaired) electrons. The number of nitrogens with zero attached hydrogens (tertiary/aromatic N) is 1. The second-order valence-electron chi connectivity index (χ2n) is 7.37. The fourth-order valence-electron chi connectivity index (χ4n) is 4.88. The van der Waals surface area contributed by atoms with Crippen LogP contribution in [-0.4, -0.2) is 48.9 Å². The molecule has 0 aromatic heterocycles. The molecule has 3 atom stereocenters. The van der Waals surface area contributed by atoms with Crippen molar-refractivity contribution >= 4 is 11.9 Å². The summed E-state index contributed by atoms with van der Waals surface area (Å²) in [6.07, 6.45) is 3.11. The lowest BCUT2D eigenvalue weighted by Crippen LogP contribution is -2.55. The molecule has 2 saturated heterocycles. The predicted molar refractivity (Wildman–Crippen MR) is 95.2 cm³/mol. The average Bonchev–Trinajstić information content (AvgIpc) is 3.28. The maximum Gasteiger partial charge on any atom is 0.348 e. The molecule has 7 heteroatoms. The number of hydrogen-bond donors (Lipinski definition) is 0. The normalized spacial score (nSPS) is 31.1. The van der Waals surface area contributed by atoms with Crippen LogP contribution in [0, 0.1) is 5.92 Å². The van der Waals surface area contributed by atoms with E-state index in [1.54, 1.807) is 26.0 Å². The number of fused-ring (bicyclic) bond motifs is 1. The van der Waals surface area contributed by atoms with Crippen molar-refractivity contribution in [3.8, 4) is 11.5 Å². The zero-order valence-corrected chi connectivity index (χ0v) is 15.9. The van der Waals surface area contributed by atoms with Crippen LogP contribution < -0.4 is 9.47 Å². The lowest BCUT2D eigenvalue weighted by Gasteiger charge is -2.38. The number of piperidine rings is 1. The molecular formula is C20H25NO6. The number of carbonyl (C=O) groups excluding carboxylic acids is 2.